The zero-order valence-corrected chi connectivity index (χ0v) is 19.6. The lowest BCUT2D eigenvalue weighted by Crippen LogP contribution is -2.38. The second-order valence-corrected chi connectivity index (χ2v) is 7.68. The number of aryl methyl sites for hydroxylation is 1. The van der Waals surface area contributed by atoms with Crippen LogP contribution in [0.1, 0.15) is 35.2 Å². The highest BCUT2D eigenvalue weighted by molar-refractivity contribution is 5.83. The number of nitrogens with one attached hydrogen (secondary N) is 2. The van der Waals surface area contributed by atoms with Crippen molar-refractivity contribution in [3.63, 3.8) is 0 Å². The van der Waals surface area contributed by atoms with E-state index >= 15 is 0 Å². The van der Waals surface area contributed by atoms with Gasteiger partial charge in [0.05, 0.1) is 21.3 Å². The number of likely N-dealkylation sites (N-methyl/N-ethyl adjacent to an activating group) is 1. The third-order valence-corrected chi connectivity index (χ3v) is 5.70. The summed E-state index contributed by atoms with van der Waals surface area (Å²) in [7, 11) is 6.56. The number of ether oxygens (including phenoxy) is 3. The number of carbonyl (C=O) groups excluding carboxylic acids is 1. The number of rotatable bonds is 11. The summed E-state index contributed by atoms with van der Waals surface area (Å²) < 4.78 is 16.2. The van der Waals surface area contributed by atoms with Gasteiger partial charge < -0.3 is 19.5 Å². The van der Waals surface area contributed by atoms with Gasteiger partial charge in [0.1, 0.15) is 11.8 Å². The van der Waals surface area contributed by atoms with E-state index < -0.39 is 6.04 Å². The second-order valence-electron chi connectivity index (χ2n) is 7.68. The van der Waals surface area contributed by atoms with E-state index in [1.165, 1.54) is 5.56 Å². The van der Waals surface area contributed by atoms with Crippen molar-refractivity contribution >= 4 is 5.91 Å². The van der Waals surface area contributed by atoms with Crippen LogP contribution in [-0.4, -0.2) is 34.3 Å². The molecule has 2 N–H and O–H groups in total. The normalized spacial score (nSPS) is 12.5. The summed E-state index contributed by atoms with van der Waals surface area (Å²) in [5.74, 6) is 2.07. The highest BCUT2D eigenvalue weighted by atomic mass is 16.5. The molecule has 174 valence electrons. The lowest BCUT2D eigenvalue weighted by Gasteiger charge is -2.26. The Morgan fingerprint density at radius 1 is 0.818 bits per heavy atom. The first-order valence-corrected chi connectivity index (χ1v) is 11.0. The van der Waals surface area contributed by atoms with E-state index in [0.717, 1.165) is 29.7 Å². The molecule has 0 spiro atoms. The van der Waals surface area contributed by atoms with Gasteiger partial charge >= 0.3 is 0 Å². The van der Waals surface area contributed by atoms with Crippen molar-refractivity contribution in [3.8, 4) is 17.2 Å². The quantitative estimate of drug-likeness (QED) is 0.453. The average molecular weight is 449 g/mol. The molecule has 0 aliphatic heterocycles. The van der Waals surface area contributed by atoms with Crippen molar-refractivity contribution in [2.24, 2.45) is 0 Å². The molecular formula is C27H32N2O4. The Bertz CT molecular complexity index is 1020. The molecule has 0 fully saturated rings. The van der Waals surface area contributed by atoms with E-state index in [0.29, 0.717) is 11.5 Å². The molecule has 0 aromatic heterocycles. The lowest BCUT2D eigenvalue weighted by molar-refractivity contribution is -0.123. The fourth-order valence-corrected chi connectivity index (χ4v) is 3.83. The molecule has 0 saturated carbocycles. The van der Waals surface area contributed by atoms with E-state index in [1.54, 1.807) is 28.4 Å². The lowest BCUT2D eigenvalue weighted by atomic mass is 9.96. The average Bonchev–Trinajstić information content (AvgIpc) is 2.88. The molecule has 0 aliphatic carbocycles. The summed E-state index contributed by atoms with van der Waals surface area (Å²) in [6.07, 6.45) is 1.60. The van der Waals surface area contributed by atoms with Crippen molar-refractivity contribution in [3.05, 3.63) is 89.5 Å². The fourth-order valence-electron chi connectivity index (χ4n) is 3.83. The summed E-state index contributed by atoms with van der Waals surface area (Å²) in [4.78, 5) is 12.8. The molecule has 0 aliphatic rings. The number of hydrogen-bond donors (Lipinski definition) is 2. The Morgan fingerprint density at radius 3 is 2.12 bits per heavy atom. The van der Waals surface area contributed by atoms with E-state index in [-0.39, 0.29) is 11.9 Å². The van der Waals surface area contributed by atoms with Gasteiger partial charge in [-0.15, -0.1) is 0 Å². The van der Waals surface area contributed by atoms with Crippen molar-refractivity contribution in [1.82, 2.24) is 10.6 Å². The van der Waals surface area contributed by atoms with Gasteiger partial charge in [0.15, 0.2) is 11.5 Å². The Hall–Kier alpha value is -3.51. The SMILES string of the molecule is CNC(=O)C(N[C@H](CCc1ccc(OC)cc1)c1ccc(OC)c(OC)c1)c1ccccc1. The van der Waals surface area contributed by atoms with Gasteiger partial charge in [-0.25, -0.2) is 0 Å². The van der Waals surface area contributed by atoms with Crippen LogP contribution < -0.4 is 24.8 Å². The van der Waals surface area contributed by atoms with Gasteiger partial charge in [0.25, 0.3) is 0 Å². The predicted octanol–water partition coefficient (Wildman–Crippen LogP) is 4.46. The van der Waals surface area contributed by atoms with E-state index in [1.807, 2.05) is 60.7 Å². The van der Waals surface area contributed by atoms with Crippen molar-refractivity contribution in [2.45, 2.75) is 24.9 Å². The fraction of sp³-hybridized carbons (Fsp3) is 0.296. The molecule has 33 heavy (non-hydrogen) atoms. The maximum absolute atomic E-state index is 12.8. The Morgan fingerprint density at radius 2 is 1.52 bits per heavy atom. The Kier molecular flexibility index (Phi) is 8.72. The maximum atomic E-state index is 12.8. The molecular weight excluding hydrogens is 416 g/mol. The topological polar surface area (TPSA) is 68.8 Å². The van der Waals surface area contributed by atoms with Crippen LogP contribution in [0, 0.1) is 0 Å². The minimum atomic E-state index is -0.495. The molecule has 6 heteroatoms. The molecule has 0 heterocycles. The van der Waals surface area contributed by atoms with Gasteiger partial charge in [-0.2, -0.15) is 0 Å². The first-order valence-electron chi connectivity index (χ1n) is 11.0. The Balaban J connectivity index is 1.91. The van der Waals surface area contributed by atoms with Crippen LogP contribution in [0.25, 0.3) is 0 Å². The summed E-state index contributed by atoms with van der Waals surface area (Å²) in [5.41, 5.74) is 3.12. The number of benzene rings is 3. The summed E-state index contributed by atoms with van der Waals surface area (Å²) in [6.45, 7) is 0. The number of amides is 1. The standard InChI is InChI=1S/C27H32N2O4/c1-28-27(30)26(20-8-6-5-7-9-20)29-23(16-12-19-10-14-22(31-2)15-11-19)21-13-17-24(32-3)25(18-21)33-4/h5-11,13-15,17-18,23,26,29H,12,16H2,1-4H3,(H,28,30)/t23-,26?/m1/s1. The Labute approximate surface area is 195 Å². The molecule has 3 rings (SSSR count). The van der Waals surface area contributed by atoms with E-state index in [9.17, 15) is 4.79 Å². The first-order chi connectivity index (χ1) is 16.1. The van der Waals surface area contributed by atoms with Crippen molar-refractivity contribution in [2.75, 3.05) is 28.4 Å². The number of carbonyl (C=O) groups is 1. The third kappa shape index (κ3) is 6.26. The van der Waals surface area contributed by atoms with Gasteiger partial charge in [-0.05, 0) is 53.8 Å². The summed E-state index contributed by atoms with van der Waals surface area (Å²) in [5, 5.41) is 6.37. The third-order valence-electron chi connectivity index (χ3n) is 5.70. The molecule has 0 saturated heterocycles. The summed E-state index contributed by atoms with van der Waals surface area (Å²) in [6, 6.07) is 23.1. The molecule has 0 radical (unpaired) electrons. The molecule has 1 amide bonds. The van der Waals surface area contributed by atoms with Crippen molar-refractivity contribution < 1.29 is 19.0 Å². The molecule has 0 bridgehead atoms. The highest BCUT2D eigenvalue weighted by Crippen LogP contribution is 2.33. The minimum Gasteiger partial charge on any atom is -0.497 e. The maximum Gasteiger partial charge on any atom is 0.241 e. The molecule has 1 unspecified atom stereocenters. The van der Waals surface area contributed by atoms with Gasteiger partial charge in [0.2, 0.25) is 5.91 Å². The predicted molar refractivity (Wildman–Crippen MR) is 130 cm³/mol. The van der Waals surface area contributed by atoms with E-state index in [2.05, 4.69) is 22.8 Å². The van der Waals surface area contributed by atoms with Crippen LogP contribution in [-0.2, 0) is 11.2 Å². The van der Waals surface area contributed by atoms with Gasteiger partial charge in [-0.3, -0.25) is 10.1 Å². The first kappa shape index (κ1) is 24.1. The molecule has 6 nitrogen and oxygen atoms in total. The van der Waals surface area contributed by atoms with Gasteiger partial charge in [-0.1, -0.05) is 48.5 Å². The van der Waals surface area contributed by atoms with Crippen molar-refractivity contribution in [1.29, 1.82) is 0 Å². The highest BCUT2D eigenvalue weighted by Gasteiger charge is 2.24. The van der Waals surface area contributed by atoms with Crippen LogP contribution in [0.2, 0.25) is 0 Å². The summed E-state index contributed by atoms with van der Waals surface area (Å²) >= 11 is 0. The number of hydrogen-bond acceptors (Lipinski definition) is 5. The van der Waals surface area contributed by atoms with Crippen LogP contribution >= 0.6 is 0 Å². The number of methoxy groups -OCH3 is 3. The smallest absolute Gasteiger partial charge is 0.241 e. The van der Waals surface area contributed by atoms with E-state index in [4.69, 9.17) is 14.2 Å². The van der Waals surface area contributed by atoms with Crippen LogP contribution in [0.3, 0.4) is 0 Å². The zero-order chi connectivity index (χ0) is 23.6. The second kappa shape index (κ2) is 11.9. The van der Waals surface area contributed by atoms with Crippen LogP contribution in [0.5, 0.6) is 17.2 Å². The largest absolute Gasteiger partial charge is 0.497 e. The molecule has 3 aromatic rings. The molecule has 3 aromatic carbocycles. The minimum absolute atomic E-state index is 0.0869. The zero-order valence-electron chi connectivity index (χ0n) is 19.6. The monoisotopic (exact) mass is 448 g/mol. The molecule has 2 atom stereocenters. The van der Waals surface area contributed by atoms with Crippen LogP contribution in [0.15, 0.2) is 72.8 Å². The van der Waals surface area contributed by atoms with Gasteiger partial charge in [0, 0.05) is 13.1 Å². The van der Waals surface area contributed by atoms with Crippen LogP contribution in [0.4, 0.5) is 0 Å².